The molecule has 12 heteroatoms. The van der Waals surface area contributed by atoms with Gasteiger partial charge in [0.15, 0.2) is 21.3 Å². The maximum absolute atomic E-state index is 12.9. The normalized spacial score (nSPS) is 15.8. The van der Waals surface area contributed by atoms with E-state index in [0.29, 0.717) is 30.0 Å². The molecule has 2 aromatic rings. The highest BCUT2D eigenvalue weighted by Gasteiger charge is 2.29. The molecule has 2 aromatic carbocycles. The van der Waals surface area contributed by atoms with Crippen molar-refractivity contribution >= 4 is 33.0 Å². The molecular weight excluding hydrogens is 454 g/mol. The van der Waals surface area contributed by atoms with Gasteiger partial charge in [0.2, 0.25) is 12.7 Å². The summed E-state index contributed by atoms with van der Waals surface area (Å²) in [6, 6.07) is 8.24. The van der Waals surface area contributed by atoms with Crippen molar-refractivity contribution < 1.29 is 32.4 Å². The molecule has 2 amide bonds. The van der Waals surface area contributed by atoms with Crippen molar-refractivity contribution in [2.24, 2.45) is 5.92 Å². The SMILES string of the molecule is CS(=O)(=O)c1cc(C(=O)N2CCC(C(=O)Nc3ccc4c(c3)OCO4)CC2)cc([N+](=O)[O-])c1. The van der Waals surface area contributed by atoms with Gasteiger partial charge in [-0.3, -0.25) is 19.7 Å². The summed E-state index contributed by atoms with van der Waals surface area (Å²) in [7, 11) is -3.74. The summed E-state index contributed by atoms with van der Waals surface area (Å²) >= 11 is 0. The number of ether oxygens (including phenoxy) is 2. The zero-order valence-electron chi connectivity index (χ0n) is 17.6. The van der Waals surface area contributed by atoms with Gasteiger partial charge in [-0.05, 0) is 31.0 Å². The van der Waals surface area contributed by atoms with Crippen LogP contribution in [-0.4, -0.2) is 56.2 Å². The predicted octanol–water partition coefficient (Wildman–Crippen LogP) is 2.22. The van der Waals surface area contributed by atoms with Gasteiger partial charge < -0.3 is 19.7 Å². The van der Waals surface area contributed by atoms with Crippen LogP contribution in [0.4, 0.5) is 11.4 Å². The second-order valence-corrected chi connectivity index (χ2v) is 9.88. The fraction of sp³-hybridized carbons (Fsp3) is 0.333. The Morgan fingerprint density at radius 3 is 2.45 bits per heavy atom. The third kappa shape index (κ3) is 4.90. The van der Waals surface area contributed by atoms with Crippen molar-refractivity contribution in [3.8, 4) is 11.5 Å². The van der Waals surface area contributed by atoms with E-state index in [2.05, 4.69) is 5.32 Å². The van der Waals surface area contributed by atoms with Crippen LogP contribution in [0.1, 0.15) is 23.2 Å². The van der Waals surface area contributed by atoms with Crippen molar-refractivity contribution in [2.75, 3.05) is 31.5 Å². The number of piperidine rings is 1. The first-order valence-corrected chi connectivity index (χ1v) is 12.0. The number of nitro groups is 1. The molecule has 33 heavy (non-hydrogen) atoms. The summed E-state index contributed by atoms with van der Waals surface area (Å²) in [5, 5.41) is 14.0. The predicted molar refractivity (Wildman–Crippen MR) is 116 cm³/mol. The van der Waals surface area contributed by atoms with E-state index in [4.69, 9.17) is 9.47 Å². The molecule has 11 nitrogen and oxygen atoms in total. The number of nitro benzene ring substituents is 1. The lowest BCUT2D eigenvalue weighted by Gasteiger charge is -2.31. The molecule has 2 aliphatic rings. The van der Waals surface area contributed by atoms with Gasteiger partial charge in [-0.15, -0.1) is 0 Å². The van der Waals surface area contributed by atoms with E-state index < -0.39 is 26.4 Å². The molecule has 1 fully saturated rings. The molecule has 2 aliphatic heterocycles. The van der Waals surface area contributed by atoms with Crippen LogP contribution in [0.2, 0.25) is 0 Å². The lowest BCUT2D eigenvalue weighted by molar-refractivity contribution is -0.385. The number of amides is 2. The average molecular weight is 475 g/mol. The molecule has 4 rings (SSSR count). The first kappa shape index (κ1) is 22.5. The number of nitrogens with one attached hydrogen (secondary N) is 1. The van der Waals surface area contributed by atoms with Gasteiger partial charge in [0.1, 0.15) is 0 Å². The number of rotatable bonds is 5. The Morgan fingerprint density at radius 1 is 1.09 bits per heavy atom. The fourth-order valence-corrected chi connectivity index (χ4v) is 4.45. The lowest BCUT2D eigenvalue weighted by Crippen LogP contribution is -2.41. The van der Waals surface area contributed by atoms with Crippen molar-refractivity contribution in [2.45, 2.75) is 17.7 Å². The second-order valence-electron chi connectivity index (χ2n) is 7.87. The molecule has 2 heterocycles. The van der Waals surface area contributed by atoms with Crippen molar-refractivity contribution in [3.05, 3.63) is 52.1 Å². The van der Waals surface area contributed by atoms with E-state index in [9.17, 15) is 28.1 Å². The number of benzene rings is 2. The van der Waals surface area contributed by atoms with E-state index in [0.717, 1.165) is 24.5 Å². The van der Waals surface area contributed by atoms with E-state index in [-0.39, 0.29) is 42.2 Å². The molecule has 0 bridgehead atoms. The fourth-order valence-electron chi connectivity index (χ4n) is 3.77. The van der Waals surface area contributed by atoms with Gasteiger partial charge in [-0.25, -0.2) is 8.42 Å². The van der Waals surface area contributed by atoms with E-state index >= 15 is 0 Å². The number of hydrogen-bond acceptors (Lipinski definition) is 8. The maximum atomic E-state index is 12.9. The number of carbonyl (C=O) groups excluding carboxylic acids is 2. The Bertz CT molecular complexity index is 1240. The summed E-state index contributed by atoms with van der Waals surface area (Å²) in [5.41, 5.74) is 0.0276. The number of likely N-dealkylation sites (tertiary alicyclic amines) is 1. The van der Waals surface area contributed by atoms with Crippen LogP contribution in [0.5, 0.6) is 11.5 Å². The summed E-state index contributed by atoms with van der Waals surface area (Å²) in [4.78, 5) is 37.2. The van der Waals surface area contributed by atoms with Gasteiger partial charge in [-0.1, -0.05) is 0 Å². The summed E-state index contributed by atoms with van der Waals surface area (Å²) in [6.45, 7) is 0.652. The van der Waals surface area contributed by atoms with Crippen molar-refractivity contribution in [3.63, 3.8) is 0 Å². The zero-order chi connectivity index (χ0) is 23.8. The van der Waals surface area contributed by atoms with E-state index in [1.165, 1.54) is 4.90 Å². The molecule has 0 unspecified atom stereocenters. The first-order chi connectivity index (χ1) is 15.6. The monoisotopic (exact) mass is 475 g/mol. The molecule has 1 N–H and O–H groups in total. The zero-order valence-corrected chi connectivity index (χ0v) is 18.5. The van der Waals surface area contributed by atoms with Crippen molar-refractivity contribution in [1.82, 2.24) is 4.90 Å². The Labute approximate surface area is 189 Å². The van der Waals surface area contributed by atoms with Gasteiger partial charge in [-0.2, -0.15) is 0 Å². The highest BCUT2D eigenvalue weighted by molar-refractivity contribution is 7.90. The van der Waals surface area contributed by atoms with E-state index in [1.54, 1.807) is 18.2 Å². The van der Waals surface area contributed by atoms with Crippen LogP contribution in [0, 0.1) is 16.0 Å². The third-order valence-corrected chi connectivity index (χ3v) is 6.66. The molecule has 0 radical (unpaired) electrons. The van der Waals surface area contributed by atoms with E-state index in [1.807, 2.05) is 0 Å². The number of sulfone groups is 1. The Morgan fingerprint density at radius 2 is 1.79 bits per heavy atom. The highest BCUT2D eigenvalue weighted by atomic mass is 32.2. The second kappa shape index (κ2) is 8.70. The number of nitrogens with zero attached hydrogens (tertiary/aromatic N) is 2. The number of non-ortho nitro benzene ring substituents is 1. The molecule has 1 saturated heterocycles. The summed E-state index contributed by atoms with van der Waals surface area (Å²) in [5.74, 6) is 0.142. The van der Waals surface area contributed by atoms with Crippen LogP contribution < -0.4 is 14.8 Å². The highest BCUT2D eigenvalue weighted by Crippen LogP contribution is 2.34. The number of hydrogen-bond donors (Lipinski definition) is 1. The summed E-state index contributed by atoms with van der Waals surface area (Å²) < 4.78 is 34.3. The van der Waals surface area contributed by atoms with Gasteiger partial charge in [0.25, 0.3) is 11.6 Å². The standard InChI is InChI=1S/C21H21N3O8S/c1-33(29,30)17-9-14(8-16(11-17)24(27)28)21(26)23-6-4-13(5-7-23)20(25)22-15-2-3-18-19(10-15)32-12-31-18/h2-3,8-11,13H,4-7,12H2,1H3,(H,22,25). The Kier molecular flexibility index (Phi) is 5.93. The molecule has 0 aliphatic carbocycles. The van der Waals surface area contributed by atoms with Crippen LogP contribution in [0.3, 0.4) is 0 Å². The molecule has 174 valence electrons. The van der Waals surface area contributed by atoms with Gasteiger partial charge in [0.05, 0.1) is 9.82 Å². The summed E-state index contributed by atoms with van der Waals surface area (Å²) in [6.07, 6.45) is 1.72. The third-order valence-electron chi connectivity index (χ3n) is 5.57. The molecule has 0 spiro atoms. The van der Waals surface area contributed by atoms with Crippen LogP contribution in [-0.2, 0) is 14.6 Å². The Balaban J connectivity index is 1.41. The number of anilines is 1. The first-order valence-electron chi connectivity index (χ1n) is 10.1. The van der Waals surface area contributed by atoms with Crippen LogP contribution >= 0.6 is 0 Å². The minimum absolute atomic E-state index is 0.0760. The van der Waals surface area contributed by atoms with Crippen LogP contribution in [0.15, 0.2) is 41.3 Å². The van der Waals surface area contributed by atoms with Crippen LogP contribution in [0.25, 0.3) is 0 Å². The quantitative estimate of drug-likeness (QED) is 0.512. The van der Waals surface area contributed by atoms with Gasteiger partial charge >= 0.3 is 0 Å². The average Bonchev–Trinajstić information content (AvgIpc) is 3.25. The minimum Gasteiger partial charge on any atom is -0.454 e. The molecular formula is C21H21N3O8S. The Hall–Kier alpha value is -3.67. The lowest BCUT2D eigenvalue weighted by atomic mass is 9.95. The maximum Gasteiger partial charge on any atom is 0.271 e. The van der Waals surface area contributed by atoms with Gasteiger partial charge in [0, 0.05) is 54.7 Å². The smallest absolute Gasteiger partial charge is 0.271 e. The molecule has 0 atom stereocenters. The van der Waals surface area contributed by atoms with Crippen molar-refractivity contribution in [1.29, 1.82) is 0 Å². The number of carbonyl (C=O) groups is 2. The minimum atomic E-state index is -3.74. The number of fused-ring (bicyclic) bond motifs is 1. The topological polar surface area (TPSA) is 145 Å². The largest absolute Gasteiger partial charge is 0.454 e. The molecule has 0 aromatic heterocycles. The molecule has 0 saturated carbocycles.